The number of nitrogens with one attached hydrogen (secondary N) is 4. The van der Waals surface area contributed by atoms with Crippen molar-refractivity contribution < 1.29 is 19.2 Å². The molecule has 0 spiro atoms. The number of likely N-dealkylation sites (N-methyl/N-ethyl adjacent to an activating group) is 1. The number of rotatable bonds is 20. The fraction of sp³-hybridized carbons (Fsp3) is 0.655. The molecule has 8 nitrogen and oxygen atoms in total. The Hall–Kier alpha value is -2.04. The maximum atomic E-state index is 12.9. The molecule has 0 bridgehead atoms. The highest BCUT2D eigenvalue weighted by Crippen LogP contribution is 2.18. The molecule has 1 aromatic carbocycles. The second-order valence-electron chi connectivity index (χ2n) is 10.3. The molecule has 10 heteroatoms. The average molecular weight is 581 g/mol. The van der Waals surface area contributed by atoms with E-state index in [4.69, 9.17) is 0 Å². The van der Waals surface area contributed by atoms with Gasteiger partial charge in [-0.1, -0.05) is 58.4 Å². The number of aldehydes is 1. The molecule has 3 amide bonds. The van der Waals surface area contributed by atoms with Crippen LogP contribution in [0.2, 0.25) is 0 Å². The van der Waals surface area contributed by atoms with Gasteiger partial charge in [0, 0.05) is 36.0 Å². The largest absolute Gasteiger partial charge is 0.353 e. The van der Waals surface area contributed by atoms with E-state index in [9.17, 15) is 19.2 Å². The van der Waals surface area contributed by atoms with Crippen molar-refractivity contribution in [2.75, 3.05) is 25.1 Å². The lowest BCUT2D eigenvalue weighted by Gasteiger charge is -2.26. The summed E-state index contributed by atoms with van der Waals surface area (Å²) in [6, 6.07) is 7.09. The van der Waals surface area contributed by atoms with Gasteiger partial charge in [-0.2, -0.15) is 23.5 Å². The smallest absolute Gasteiger partial charge is 0.242 e. The summed E-state index contributed by atoms with van der Waals surface area (Å²) in [7, 11) is 1.77. The summed E-state index contributed by atoms with van der Waals surface area (Å²) in [6.45, 7) is 10.4. The van der Waals surface area contributed by atoms with E-state index in [-0.39, 0.29) is 29.7 Å². The summed E-state index contributed by atoms with van der Waals surface area (Å²) in [5, 5.41) is 11.7. The molecule has 0 fully saturated rings. The fourth-order valence-corrected chi connectivity index (χ4v) is 5.55. The number of benzene rings is 1. The van der Waals surface area contributed by atoms with Crippen molar-refractivity contribution in [3.8, 4) is 0 Å². The van der Waals surface area contributed by atoms with Crippen molar-refractivity contribution in [2.24, 2.45) is 11.8 Å². The van der Waals surface area contributed by atoms with E-state index in [0.717, 1.165) is 30.0 Å². The zero-order valence-electron chi connectivity index (χ0n) is 24.4. The second-order valence-corrected chi connectivity index (χ2v) is 12.5. The Bertz CT molecular complexity index is 900. The molecular weight excluding hydrogens is 532 g/mol. The summed E-state index contributed by atoms with van der Waals surface area (Å²) < 4.78 is 0. The molecule has 0 aliphatic heterocycles. The van der Waals surface area contributed by atoms with Crippen LogP contribution in [0.3, 0.4) is 0 Å². The summed E-state index contributed by atoms with van der Waals surface area (Å²) in [6.07, 6.45) is 2.62. The summed E-state index contributed by atoms with van der Waals surface area (Å²) in [5.74, 6) is 3.16. The SMILES string of the molecule is CC[C@H](C)[C@H](NC(=O)[C@H](CC(C)C)NC)C(=O)NCCSCc1cccc(CSCCC(=O)N[C@@H](C)C=O)c1. The molecular formula is C29H48N4O4S2. The molecule has 39 heavy (non-hydrogen) atoms. The van der Waals surface area contributed by atoms with E-state index < -0.39 is 12.1 Å². The fourth-order valence-electron chi connectivity index (χ4n) is 3.85. The van der Waals surface area contributed by atoms with Gasteiger partial charge in [-0.25, -0.2) is 0 Å². The maximum Gasteiger partial charge on any atom is 0.242 e. The quantitative estimate of drug-likeness (QED) is 0.138. The summed E-state index contributed by atoms with van der Waals surface area (Å²) >= 11 is 3.44. The minimum absolute atomic E-state index is 0.0352. The van der Waals surface area contributed by atoms with Gasteiger partial charge in [-0.3, -0.25) is 14.4 Å². The standard InChI is InChI=1S/C29H48N4O4S2/c1-7-21(4)27(33-28(36)25(30-6)15-20(2)3)29(37)31-12-14-39-19-24-10-8-9-23(16-24)18-38-13-11-26(35)32-22(5)17-34/h8-10,16-17,20-22,25,27,30H,7,11-15,18-19H2,1-6H3,(H,31,37)(H,32,35)(H,33,36)/t21-,22-,25-,27-/m0/s1. The molecule has 220 valence electrons. The minimum atomic E-state index is -0.552. The van der Waals surface area contributed by atoms with E-state index >= 15 is 0 Å². The molecule has 0 saturated carbocycles. The van der Waals surface area contributed by atoms with Crippen molar-refractivity contribution in [2.45, 2.75) is 83.5 Å². The minimum Gasteiger partial charge on any atom is -0.353 e. The monoisotopic (exact) mass is 580 g/mol. The van der Waals surface area contributed by atoms with Crippen LogP contribution in [0.1, 0.15) is 65.0 Å². The van der Waals surface area contributed by atoms with Gasteiger partial charge < -0.3 is 26.1 Å². The average Bonchev–Trinajstić information content (AvgIpc) is 2.91. The maximum absolute atomic E-state index is 12.9. The van der Waals surface area contributed by atoms with Crippen LogP contribution in [0, 0.1) is 11.8 Å². The van der Waals surface area contributed by atoms with E-state index in [0.29, 0.717) is 31.1 Å². The van der Waals surface area contributed by atoms with Crippen LogP contribution in [0.15, 0.2) is 24.3 Å². The van der Waals surface area contributed by atoms with Gasteiger partial charge in [0.1, 0.15) is 12.3 Å². The Morgan fingerprint density at radius 1 is 0.949 bits per heavy atom. The van der Waals surface area contributed by atoms with Crippen molar-refractivity contribution in [1.82, 2.24) is 21.3 Å². The Labute approximate surface area is 243 Å². The second kappa shape index (κ2) is 19.9. The van der Waals surface area contributed by atoms with Crippen LogP contribution in [-0.4, -0.2) is 67.2 Å². The third-order valence-corrected chi connectivity index (χ3v) is 8.37. The molecule has 0 radical (unpaired) electrons. The zero-order valence-corrected chi connectivity index (χ0v) is 26.0. The van der Waals surface area contributed by atoms with Gasteiger partial charge in [0.05, 0.1) is 12.1 Å². The summed E-state index contributed by atoms with van der Waals surface area (Å²) in [4.78, 5) is 48.1. The first-order valence-electron chi connectivity index (χ1n) is 13.8. The van der Waals surface area contributed by atoms with Crippen LogP contribution in [0.25, 0.3) is 0 Å². The molecule has 1 rings (SSSR count). The van der Waals surface area contributed by atoms with E-state index in [2.05, 4.69) is 53.3 Å². The third kappa shape index (κ3) is 14.8. The normalized spacial score (nSPS) is 14.2. The molecule has 4 atom stereocenters. The van der Waals surface area contributed by atoms with Gasteiger partial charge in [-0.15, -0.1) is 0 Å². The van der Waals surface area contributed by atoms with Gasteiger partial charge in [0.2, 0.25) is 17.7 Å². The molecule has 0 aromatic heterocycles. The van der Waals surface area contributed by atoms with Crippen molar-refractivity contribution >= 4 is 47.5 Å². The van der Waals surface area contributed by atoms with Crippen LogP contribution in [0.4, 0.5) is 0 Å². The number of carbonyl (C=O) groups is 4. The predicted octanol–water partition coefficient (Wildman–Crippen LogP) is 3.53. The van der Waals surface area contributed by atoms with E-state index in [1.54, 1.807) is 37.5 Å². The van der Waals surface area contributed by atoms with Crippen LogP contribution in [-0.2, 0) is 30.7 Å². The highest BCUT2D eigenvalue weighted by Gasteiger charge is 2.28. The van der Waals surface area contributed by atoms with Gasteiger partial charge in [0.25, 0.3) is 0 Å². The van der Waals surface area contributed by atoms with E-state index in [1.807, 2.05) is 19.9 Å². The van der Waals surface area contributed by atoms with Gasteiger partial charge in [0.15, 0.2) is 0 Å². The number of hydrogen-bond acceptors (Lipinski definition) is 7. The van der Waals surface area contributed by atoms with Gasteiger partial charge >= 0.3 is 0 Å². The van der Waals surface area contributed by atoms with Crippen LogP contribution < -0.4 is 21.3 Å². The van der Waals surface area contributed by atoms with Gasteiger partial charge in [-0.05, 0) is 43.4 Å². The third-order valence-electron chi connectivity index (χ3n) is 6.31. The van der Waals surface area contributed by atoms with Crippen molar-refractivity contribution in [3.05, 3.63) is 35.4 Å². The molecule has 0 saturated heterocycles. The van der Waals surface area contributed by atoms with Crippen LogP contribution >= 0.6 is 23.5 Å². The molecule has 0 aliphatic carbocycles. The number of carbonyl (C=O) groups excluding carboxylic acids is 4. The van der Waals surface area contributed by atoms with Crippen molar-refractivity contribution in [1.29, 1.82) is 0 Å². The summed E-state index contributed by atoms with van der Waals surface area (Å²) in [5.41, 5.74) is 2.42. The lowest BCUT2D eigenvalue weighted by Crippen LogP contribution is -2.55. The zero-order chi connectivity index (χ0) is 29.2. The first-order chi connectivity index (χ1) is 18.6. The molecule has 4 N–H and O–H groups in total. The highest BCUT2D eigenvalue weighted by molar-refractivity contribution is 7.98. The first-order valence-corrected chi connectivity index (χ1v) is 16.1. The van der Waals surface area contributed by atoms with E-state index in [1.165, 1.54) is 11.1 Å². The van der Waals surface area contributed by atoms with Crippen LogP contribution in [0.5, 0.6) is 0 Å². The Balaban J connectivity index is 2.43. The Morgan fingerprint density at radius 3 is 2.15 bits per heavy atom. The lowest BCUT2D eigenvalue weighted by molar-refractivity contribution is -0.131. The predicted molar refractivity (Wildman–Crippen MR) is 164 cm³/mol. The molecule has 0 unspecified atom stereocenters. The molecule has 0 heterocycles. The Morgan fingerprint density at radius 2 is 1.59 bits per heavy atom. The number of hydrogen-bond donors (Lipinski definition) is 4. The molecule has 0 aliphatic rings. The van der Waals surface area contributed by atoms with Crippen molar-refractivity contribution in [3.63, 3.8) is 0 Å². The number of thioether (sulfide) groups is 2. The molecule has 1 aromatic rings. The Kier molecular flexibility index (Phi) is 17.9. The lowest BCUT2D eigenvalue weighted by atomic mass is 9.97. The first kappa shape index (κ1) is 35.0. The number of amides is 3. The highest BCUT2D eigenvalue weighted by atomic mass is 32.2. The topological polar surface area (TPSA) is 116 Å².